The Kier molecular flexibility index (Phi) is 5.95. The Balaban J connectivity index is 1.89. The summed E-state index contributed by atoms with van der Waals surface area (Å²) in [5, 5.41) is 2.70. The number of hydrogen-bond donors (Lipinski definition) is 2. The molecule has 1 amide bonds. The highest BCUT2D eigenvalue weighted by Gasteiger charge is 2.10. The first-order valence-electron chi connectivity index (χ1n) is 7.30. The van der Waals surface area contributed by atoms with E-state index in [-0.39, 0.29) is 11.7 Å². The fourth-order valence-corrected chi connectivity index (χ4v) is 2.05. The van der Waals surface area contributed by atoms with E-state index < -0.39 is 0 Å². The molecule has 2 aromatic rings. The molecule has 0 unspecified atom stereocenters. The van der Waals surface area contributed by atoms with E-state index in [1.807, 2.05) is 12.1 Å². The lowest BCUT2D eigenvalue weighted by Crippen LogP contribution is -2.24. The average molecular weight is 319 g/mol. The van der Waals surface area contributed by atoms with Gasteiger partial charge in [0.15, 0.2) is 5.76 Å². The summed E-state index contributed by atoms with van der Waals surface area (Å²) in [6, 6.07) is 11.4. The van der Waals surface area contributed by atoms with E-state index in [0.717, 1.165) is 5.75 Å². The number of furan rings is 1. The zero-order valence-electron chi connectivity index (χ0n) is 12.8. The highest BCUT2D eigenvalue weighted by atomic mass is 32.1. The van der Waals surface area contributed by atoms with Crippen molar-refractivity contribution in [2.45, 2.75) is 26.4 Å². The summed E-state index contributed by atoms with van der Waals surface area (Å²) in [6.07, 6.45) is 0. The Morgan fingerprint density at radius 2 is 1.95 bits per heavy atom. The fraction of sp³-hybridized carbons (Fsp3) is 0.353. The molecule has 0 aliphatic heterocycles. The van der Waals surface area contributed by atoms with E-state index in [1.54, 1.807) is 12.1 Å². The van der Waals surface area contributed by atoms with Crippen LogP contribution in [0.4, 0.5) is 0 Å². The van der Waals surface area contributed by atoms with Crippen molar-refractivity contribution in [3.63, 3.8) is 0 Å². The molecule has 5 heteroatoms. The third-order valence-corrected chi connectivity index (χ3v) is 3.43. The number of rotatable bonds is 7. The van der Waals surface area contributed by atoms with E-state index in [0.29, 0.717) is 30.6 Å². The molecule has 0 atom stereocenters. The smallest absolute Gasteiger partial charge is 0.287 e. The summed E-state index contributed by atoms with van der Waals surface area (Å²) in [5.74, 6) is 2.54. The second-order valence-electron chi connectivity index (χ2n) is 5.26. The van der Waals surface area contributed by atoms with Crippen molar-refractivity contribution < 1.29 is 13.9 Å². The first-order chi connectivity index (χ1) is 10.6. The van der Waals surface area contributed by atoms with Gasteiger partial charge >= 0.3 is 0 Å². The van der Waals surface area contributed by atoms with Gasteiger partial charge < -0.3 is 14.5 Å². The molecule has 2 rings (SSSR count). The lowest BCUT2D eigenvalue weighted by molar-refractivity contribution is 0.0924. The zero-order valence-corrected chi connectivity index (χ0v) is 13.7. The Hall–Kier alpha value is -1.88. The number of ether oxygens (including phenoxy) is 1. The van der Waals surface area contributed by atoms with Crippen LogP contribution in [0.15, 0.2) is 40.8 Å². The van der Waals surface area contributed by atoms with Crippen molar-refractivity contribution >= 4 is 18.5 Å². The Morgan fingerprint density at radius 3 is 2.59 bits per heavy atom. The summed E-state index contributed by atoms with van der Waals surface area (Å²) in [7, 11) is 0. The molecule has 118 valence electrons. The molecule has 0 spiro atoms. The summed E-state index contributed by atoms with van der Waals surface area (Å²) >= 11 is 4.04. The van der Waals surface area contributed by atoms with Gasteiger partial charge in [0.05, 0.1) is 0 Å². The van der Waals surface area contributed by atoms with E-state index in [9.17, 15) is 4.79 Å². The van der Waals surface area contributed by atoms with Crippen LogP contribution in [0.3, 0.4) is 0 Å². The van der Waals surface area contributed by atoms with Crippen LogP contribution in [0.5, 0.6) is 5.75 Å². The minimum Gasteiger partial charge on any atom is -0.486 e. The van der Waals surface area contributed by atoms with Crippen LogP contribution in [0, 0.1) is 0 Å². The Labute approximate surface area is 136 Å². The lowest BCUT2D eigenvalue weighted by Gasteiger charge is -2.08. The van der Waals surface area contributed by atoms with Crippen LogP contribution in [0.1, 0.15) is 41.6 Å². The molecule has 0 radical (unpaired) electrons. The molecule has 1 N–H and O–H groups in total. The summed E-state index contributed by atoms with van der Waals surface area (Å²) in [4.78, 5) is 11.7. The maximum absolute atomic E-state index is 11.7. The quantitative estimate of drug-likeness (QED) is 0.766. The molecule has 1 aromatic heterocycles. The number of nitrogens with one attached hydrogen (secondary N) is 1. The highest BCUT2D eigenvalue weighted by molar-refractivity contribution is 7.80. The molecule has 22 heavy (non-hydrogen) atoms. The summed E-state index contributed by atoms with van der Waals surface area (Å²) in [5.41, 5.74) is 1.27. The van der Waals surface area contributed by atoms with Crippen LogP contribution in [-0.2, 0) is 6.61 Å². The zero-order chi connectivity index (χ0) is 15.9. The number of hydrogen-bond acceptors (Lipinski definition) is 4. The standard InChI is InChI=1S/C17H21NO3S/c1-12(2)13-3-5-14(6-4-13)20-11-15-7-8-16(21-15)17(19)18-9-10-22/h3-8,12,22H,9-11H2,1-2H3,(H,18,19). The van der Waals surface area contributed by atoms with E-state index >= 15 is 0 Å². The predicted molar refractivity (Wildman–Crippen MR) is 89.8 cm³/mol. The predicted octanol–water partition coefficient (Wildman–Crippen LogP) is 3.64. The Morgan fingerprint density at radius 1 is 1.23 bits per heavy atom. The van der Waals surface area contributed by atoms with Crippen molar-refractivity contribution in [2.24, 2.45) is 0 Å². The molecular weight excluding hydrogens is 298 g/mol. The second-order valence-corrected chi connectivity index (χ2v) is 5.71. The topological polar surface area (TPSA) is 51.5 Å². The van der Waals surface area contributed by atoms with Gasteiger partial charge in [0.1, 0.15) is 18.1 Å². The number of carbonyl (C=O) groups is 1. The van der Waals surface area contributed by atoms with Gasteiger partial charge in [-0.1, -0.05) is 26.0 Å². The van der Waals surface area contributed by atoms with Crippen LogP contribution in [0.25, 0.3) is 0 Å². The summed E-state index contributed by atoms with van der Waals surface area (Å²) in [6.45, 7) is 5.11. The molecule has 1 aromatic carbocycles. The van der Waals surface area contributed by atoms with Gasteiger partial charge in [-0.25, -0.2) is 0 Å². The van der Waals surface area contributed by atoms with E-state index in [4.69, 9.17) is 9.15 Å². The average Bonchev–Trinajstić information content (AvgIpc) is 3.00. The van der Waals surface area contributed by atoms with Gasteiger partial charge in [0.2, 0.25) is 0 Å². The minimum absolute atomic E-state index is 0.235. The first-order valence-corrected chi connectivity index (χ1v) is 7.94. The molecule has 0 aliphatic carbocycles. The van der Waals surface area contributed by atoms with Gasteiger partial charge in [-0.2, -0.15) is 12.6 Å². The van der Waals surface area contributed by atoms with Crippen LogP contribution in [0.2, 0.25) is 0 Å². The van der Waals surface area contributed by atoms with Gasteiger partial charge in [-0.15, -0.1) is 0 Å². The molecule has 0 saturated carbocycles. The first kappa shape index (κ1) is 16.5. The largest absolute Gasteiger partial charge is 0.486 e. The molecule has 1 heterocycles. The van der Waals surface area contributed by atoms with Crippen molar-refractivity contribution in [2.75, 3.05) is 12.3 Å². The van der Waals surface area contributed by atoms with Gasteiger partial charge in [0.25, 0.3) is 5.91 Å². The van der Waals surface area contributed by atoms with Crippen molar-refractivity contribution in [1.29, 1.82) is 0 Å². The maximum Gasteiger partial charge on any atom is 0.287 e. The third kappa shape index (κ3) is 4.56. The number of amides is 1. The minimum atomic E-state index is -0.235. The molecule has 0 bridgehead atoms. The fourth-order valence-electron chi connectivity index (χ4n) is 1.94. The summed E-state index contributed by atoms with van der Waals surface area (Å²) < 4.78 is 11.1. The monoisotopic (exact) mass is 319 g/mol. The van der Waals surface area contributed by atoms with Gasteiger partial charge in [-0.3, -0.25) is 4.79 Å². The molecule has 0 fully saturated rings. The second kappa shape index (κ2) is 7.94. The van der Waals surface area contributed by atoms with Gasteiger partial charge in [-0.05, 0) is 35.7 Å². The molecule has 4 nitrogen and oxygen atoms in total. The molecular formula is C17H21NO3S. The van der Waals surface area contributed by atoms with Crippen molar-refractivity contribution in [1.82, 2.24) is 5.32 Å². The van der Waals surface area contributed by atoms with Gasteiger partial charge in [0, 0.05) is 12.3 Å². The van der Waals surface area contributed by atoms with Crippen molar-refractivity contribution in [3.05, 3.63) is 53.5 Å². The Bertz CT molecular complexity index is 605. The SMILES string of the molecule is CC(C)c1ccc(OCc2ccc(C(=O)NCCS)o2)cc1. The number of thiol groups is 1. The van der Waals surface area contributed by atoms with E-state index in [2.05, 4.69) is 43.9 Å². The number of carbonyl (C=O) groups excluding carboxylic acids is 1. The van der Waals surface area contributed by atoms with Crippen LogP contribution < -0.4 is 10.1 Å². The molecule has 0 aliphatic rings. The van der Waals surface area contributed by atoms with E-state index in [1.165, 1.54) is 5.56 Å². The molecule has 0 saturated heterocycles. The van der Waals surface area contributed by atoms with Crippen LogP contribution in [-0.4, -0.2) is 18.2 Å². The third-order valence-electron chi connectivity index (χ3n) is 3.21. The number of benzene rings is 1. The maximum atomic E-state index is 11.7. The lowest BCUT2D eigenvalue weighted by atomic mass is 10.0. The highest BCUT2D eigenvalue weighted by Crippen LogP contribution is 2.19. The van der Waals surface area contributed by atoms with Crippen molar-refractivity contribution in [3.8, 4) is 5.75 Å². The van der Waals surface area contributed by atoms with Crippen LogP contribution >= 0.6 is 12.6 Å². The normalized spacial score (nSPS) is 10.7.